The predicted octanol–water partition coefficient (Wildman–Crippen LogP) is 7.36. The highest BCUT2D eigenvalue weighted by molar-refractivity contribution is 7.08. The van der Waals surface area contributed by atoms with Crippen molar-refractivity contribution in [2.75, 3.05) is 10.6 Å². The zero-order valence-corrected chi connectivity index (χ0v) is 16.8. The lowest BCUT2D eigenvalue weighted by atomic mass is 10.1. The van der Waals surface area contributed by atoms with Gasteiger partial charge in [-0.25, -0.2) is 4.98 Å². The average molecular weight is 447 g/mol. The molecule has 0 radical (unpaired) electrons. The molecule has 0 saturated carbocycles. The van der Waals surface area contributed by atoms with Crippen molar-refractivity contribution in [3.05, 3.63) is 82.1 Å². The lowest BCUT2D eigenvalue weighted by molar-refractivity contribution is -0.137. The lowest BCUT2D eigenvalue weighted by Crippen LogP contribution is -2.06. The molecule has 0 aliphatic heterocycles. The zero-order valence-electron chi connectivity index (χ0n) is 15.2. The molecule has 4 nitrogen and oxygen atoms in total. The molecule has 4 aromatic rings. The summed E-state index contributed by atoms with van der Waals surface area (Å²) in [5.41, 5.74) is 2.45. The molecule has 0 unspecified atom stereocenters. The van der Waals surface area contributed by atoms with Crippen molar-refractivity contribution >= 4 is 46.1 Å². The van der Waals surface area contributed by atoms with E-state index < -0.39 is 11.7 Å². The van der Waals surface area contributed by atoms with Gasteiger partial charge < -0.3 is 10.6 Å². The Morgan fingerprint density at radius 1 is 0.900 bits per heavy atom. The predicted molar refractivity (Wildman–Crippen MR) is 115 cm³/mol. The van der Waals surface area contributed by atoms with Crippen LogP contribution >= 0.6 is 22.9 Å². The van der Waals surface area contributed by atoms with Gasteiger partial charge in [0.1, 0.15) is 5.02 Å². The molecule has 2 aromatic heterocycles. The SMILES string of the molecule is FC(F)(F)c1cccc(Nc2nc(Nc3ccc(-c4ccsc4)cc3)ncc2Cl)c1. The Kier molecular flexibility index (Phi) is 5.61. The first-order valence-electron chi connectivity index (χ1n) is 8.75. The van der Waals surface area contributed by atoms with E-state index >= 15 is 0 Å². The molecule has 9 heteroatoms. The third-order valence-corrected chi connectivity index (χ3v) is 5.15. The smallest absolute Gasteiger partial charge is 0.339 e. The second-order valence-electron chi connectivity index (χ2n) is 6.31. The van der Waals surface area contributed by atoms with Crippen LogP contribution in [0.3, 0.4) is 0 Å². The summed E-state index contributed by atoms with van der Waals surface area (Å²) in [6.45, 7) is 0. The van der Waals surface area contributed by atoms with Crippen LogP contribution in [0.25, 0.3) is 11.1 Å². The summed E-state index contributed by atoms with van der Waals surface area (Å²) in [7, 11) is 0. The molecule has 4 rings (SSSR count). The molecule has 2 aromatic carbocycles. The van der Waals surface area contributed by atoms with Gasteiger partial charge in [0, 0.05) is 11.4 Å². The first kappa shape index (κ1) is 20.2. The van der Waals surface area contributed by atoms with Crippen LogP contribution in [0.4, 0.5) is 36.3 Å². The number of thiophene rings is 1. The highest BCUT2D eigenvalue weighted by atomic mass is 35.5. The van der Waals surface area contributed by atoms with Gasteiger partial charge in [-0.15, -0.1) is 0 Å². The number of halogens is 4. The summed E-state index contributed by atoms with van der Waals surface area (Å²) in [5, 5.41) is 10.2. The van der Waals surface area contributed by atoms with Crippen LogP contribution in [0.5, 0.6) is 0 Å². The second kappa shape index (κ2) is 8.33. The van der Waals surface area contributed by atoms with Crippen molar-refractivity contribution in [2.24, 2.45) is 0 Å². The van der Waals surface area contributed by atoms with Gasteiger partial charge in [0.2, 0.25) is 5.95 Å². The van der Waals surface area contributed by atoms with Crippen molar-refractivity contribution in [1.29, 1.82) is 0 Å². The van der Waals surface area contributed by atoms with Crippen molar-refractivity contribution in [2.45, 2.75) is 6.18 Å². The molecule has 30 heavy (non-hydrogen) atoms. The topological polar surface area (TPSA) is 49.8 Å². The van der Waals surface area contributed by atoms with E-state index in [0.717, 1.165) is 28.9 Å². The van der Waals surface area contributed by atoms with Gasteiger partial charge in [-0.1, -0.05) is 29.8 Å². The number of nitrogens with zero attached hydrogens (tertiary/aromatic N) is 2. The molecule has 2 N–H and O–H groups in total. The first-order chi connectivity index (χ1) is 14.4. The quantitative estimate of drug-likeness (QED) is 0.336. The second-order valence-corrected chi connectivity index (χ2v) is 7.50. The summed E-state index contributed by atoms with van der Waals surface area (Å²) >= 11 is 7.75. The van der Waals surface area contributed by atoms with Gasteiger partial charge in [-0.05, 0) is 58.3 Å². The van der Waals surface area contributed by atoms with Gasteiger partial charge >= 0.3 is 6.18 Å². The summed E-state index contributed by atoms with van der Waals surface area (Å²) in [6, 6.07) is 14.6. The van der Waals surface area contributed by atoms with E-state index in [-0.39, 0.29) is 22.5 Å². The zero-order chi connectivity index (χ0) is 21.1. The van der Waals surface area contributed by atoms with Gasteiger partial charge in [0.25, 0.3) is 0 Å². The van der Waals surface area contributed by atoms with Gasteiger partial charge in [0.05, 0.1) is 11.8 Å². The maximum atomic E-state index is 12.9. The van der Waals surface area contributed by atoms with Crippen LogP contribution in [0.2, 0.25) is 5.02 Å². The van der Waals surface area contributed by atoms with Crippen LogP contribution in [0.1, 0.15) is 5.56 Å². The lowest BCUT2D eigenvalue weighted by Gasteiger charge is -2.12. The minimum absolute atomic E-state index is 0.186. The molecular weight excluding hydrogens is 433 g/mol. The fraction of sp³-hybridized carbons (Fsp3) is 0.0476. The average Bonchev–Trinajstić information content (AvgIpc) is 3.26. The fourth-order valence-electron chi connectivity index (χ4n) is 2.73. The van der Waals surface area contributed by atoms with Crippen LogP contribution in [0, 0.1) is 0 Å². The van der Waals surface area contributed by atoms with E-state index in [0.29, 0.717) is 0 Å². The molecule has 0 aliphatic carbocycles. The number of nitrogens with one attached hydrogen (secondary N) is 2. The molecule has 0 fully saturated rings. The fourth-order valence-corrected chi connectivity index (χ4v) is 3.53. The molecule has 0 atom stereocenters. The van der Waals surface area contributed by atoms with E-state index in [1.165, 1.54) is 18.3 Å². The summed E-state index contributed by atoms with van der Waals surface area (Å²) in [4.78, 5) is 8.41. The van der Waals surface area contributed by atoms with Crippen LogP contribution in [-0.2, 0) is 6.18 Å². The first-order valence-corrected chi connectivity index (χ1v) is 10.1. The Labute approximate surface area is 179 Å². The van der Waals surface area contributed by atoms with Crippen molar-refractivity contribution in [1.82, 2.24) is 9.97 Å². The van der Waals surface area contributed by atoms with Gasteiger partial charge in [0.15, 0.2) is 5.82 Å². The minimum Gasteiger partial charge on any atom is -0.339 e. The Balaban J connectivity index is 1.52. The largest absolute Gasteiger partial charge is 0.416 e. The Hall–Kier alpha value is -3.10. The number of rotatable bonds is 5. The number of aromatic nitrogens is 2. The van der Waals surface area contributed by atoms with Crippen molar-refractivity contribution in [3.8, 4) is 11.1 Å². The number of hydrogen-bond donors (Lipinski definition) is 2. The molecule has 0 spiro atoms. The maximum absolute atomic E-state index is 12.9. The monoisotopic (exact) mass is 446 g/mol. The van der Waals surface area contributed by atoms with Crippen molar-refractivity contribution < 1.29 is 13.2 Å². The Bertz CT molecular complexity index is 1150. The maximum Gasteiger partial charge on any atom is 0.416 e. The van der Waals surface area contributed by atoms with Gasteiger partial charge in [-0.2, -0.15) is 29.5 Å². The number of alkyl halides is 3. The Morgan fingerprint density at radius 3 is 2.40 bits per heavy atom. The van der Waals surface area contributed by atoms with Gasteiger partial charge in [-0.3, -0.25) is 0 Å². The van der Waals surface area contributed by atoms with Crippen LogP contribution in [-0.4, -0.2) is 9.97 Å². The standard InChI is InChI=1S/C21H14ClF3N4S/c22-18-11-26-20(28-16-6-4-13(5-7-16)14-8-9-30-12-14)29-19(18)27-17-3-1-2-15(10-17)21(23,24)25/h1-12H,(H2,26,27,28,29). The van der Waals surface area contributed by atoms with Crippen LogP contribution < -0.4 is 10.6 Å². The van der Waals surface area contributed by atoms with E-state index in [9.17, 15) is 13.2 Å². The van der Waals surface area contributed by atoms with E-state index in [4.69, 9.17) is 11.6 Å². The third-order valence-electron chi connectivity index (χ3n) is 4.19. The summed E-state index contributed by atoms with van der Waals surface area (Å²) in [6.07, 6.45) is -3.05. The highest BCUT2D eigenvalue weighted by Gasteiger charge is 2.30. The minimum atomic E-state index is -4.44. The molecule has 0 saturated heterocycles. The molecule has 0 amide bonds. The van der Waals surface area contributed by atoms with E-state index in [2.05, 4.69) is 26.0 Å². The summed E-state index contributed by atoms with van der Waals surface area (Å²) in [5.74, 6) is 0.459. The molecule has 2 heterocycles. The number of hydrogen-bond acceptors (Lipinski definition) is 5. The third kappa shape index (κ3) is 4.72. The Morgan fingerprint density at radius 2 is 1.70 bits per heavy atom. The number of benzene rings is 2. The van der Waals surface area contributed by atoms with Crippen molar-refractivity contribution in [3.63, 3.8) is 0 Å². The summed E-state index contributed by atoms with van der Waals surface area (Å²) < 4.78 is 38.8. The van der Waals surface area contributed by atoms with E-state index in [1.807, 2.05) is 35.7 Å². The number of anilines is 4. The normalized spacial score (nSPS) is 11.3. The highest BCUT2D eigenvalue weighted by Crippen LogP contribution is 2.32. The molecule has 152 valence electrons. The molecule has 0 aliphatic rings. The van der Waals surface area contributed by atoms with E-state index in [1.54, 1.807) is 11.3 Å². The molecule has 0 bridgehead atoms. The van der Waals surface area contributed by atoms with Crippen LogP contribution in [0.15, 0.2) is 71.6 Å². The molecular formula is C21H14ClF3N4S.